The van der Waals surface area contributed by atoms with Crippen molar-refractivity contribution in [2.45, 2.75) is 43.2 Å². The Morgan fingerprint density at radius 1 is 1.25 bits per heavy atom. The first-order valence-electron chi connectivity index (χ1n) is 10.5. The lowest BCUT2D eigenvalue weighted by molar-refractivity contribution is 0.0182. The summed E-state index contributed by atoms with van der Waals surface area (Å²) in [6.45, 7) is 2.74. The van der Waals surface area contributed by atoms with Gasteiger partial charge in [0.1, 0.15) is 5.82 Å². The maximum atomic E-state index is 13.4. The van der Waals surface area contributed by atoms with E-state index in [2.05, 4.69) is 5.32 Å². The highest BCUT2D eigenvalue weighted by Crippen LogP contribution is 2.55. The predicted molar refractivity (Wildman–Crippen MR) is 103 cm³/mol. The summed E-state index contributed by atoms with van der Waals surface area (Å²) in [5, 5.41) is 3.23. The van der Waals surface area contributed by atoms with Gasteiger partial charge in [0.05, 0.1) is 12.1 Å². The minimum Gasteiger partial charge on any atom is -0.381 e. The quantitative estimate of drug-likeness (QED) is 0.863. The van der Waals surface area contributed by atoms with Crippen molar-refractivity contribution in [2.75, 3.05) is 33.4 Å². The van der Waals surface area contributed by atoms with E-state index >= 15 is 0 Å². The number of urea groups is 1. The molecule has 1 aromatic carbocycles. The van der Waals surface area contributed by atoms with Gasteiger partial charge in [-0.2, -0.15) is 0 Å². The van der Waals surface area contributed by atoms with E-state index in [-0.39, 0.29) is 29.4 Å². The van der Waals surface area contributed by atoms with Gasteiger partial charge in [-0.3, -0.25) is 0 Å². The fraction of sp³-hybridized carbons (Fsp3) is 0.682. The number of rotatable bonds is 4. The molecule has 2 aliphatic heterocycles. The number of hydrogen-bond acceptors (Lipinski definition) is 3. The number of carbonyl (C=O) groups is 1. The van der Waals surface area contributed by atoms with Gasteiger partial charge >= 0.3 is 6.03 Å². The molecule has 4 fully saturated rings. The van der Waals surface area contributed by atoms with E-state index in [0.717, 1.165) is 24.9 Å². The second kappa shape index (κ2) is 6.99. The monoisotopic (exact) mass is 388 g/mol. The fourth-order valence-corrected chi connectivity index (χ4v) is 6.43. The summed E-state index contributed by atoms with van der Waals surface area (Å²) < 4.78 is 24.8. The smallest absolute Gasteiger partial charge is 0.317 e. The summed E-state index contributed by atoms with van der Waals surface area (Å²) in [7, 11) is 1.78. The van der Waals surface area contributed by atoms with Crippen LogP contribution in [0.25, 0.3) is 0 Å². The third-order valence-corrected chi connectivity index (χ3v) is 7.83. The van der Waals surface area contributed by atoms with E-state index in [1.807, 2.05) is 17.0 Å². The molecule has 4 aliphatic rings. The summed E-state index contributed by atoms with van der Waals surface area (Å²) in [5.41, 5.74) is 0.883. The zero-order chi connectivity index (χ0) is 19.3. The van der Waals surface area contributed by atoms with Crippen LogP contribution in [0.2, 0.25) is 0 Å². The van der Waals surface area contributed by atoms with Crippen molar-refractivity contribution in [3.8, 4) is 0 Å². The van der Waals surface area contributed by atoms with Crippen molar-refractivity contribution in [3.63, 3.8) is 0 Å². The highest BCUT2D eigenvalue weighted by atomic mass is 19.1. The first-order valence-corrected chi connectivity index (χ1v) is 10.5. The molecule has 2 saturated carbocycles. The molecule has 2 amide bonds. The van der Waals surface area contributed by atoms with Crippen molar-refractivity contribution in [3.05, 3.63) is 35.6 Å². The molecule has 2 saturated heterocycles. The van der Waals surface area contributed by atoms with Crippen molar-refractivity contribution < 1.29 is 18.7 Å². The molecule has 2 heterocycles. The summed E-state index contributed by atoms with van der Waals surface area (Å²) in [5.74, 6) is 1.63. The zero-order valence-corrected chi connectivity index (χ0v) is 16.4. The van der Waals surface area contributed by atoms with Crippen LogP contribution in [-0.2, 0) is 14.9 Å². The molecule has 5 nitrogen and oxygen atoms in total. The number of nitrogens with one attached hydrogen (secondary N) is 1. The molecule has 0 aromatic heterocycles. The van der Waals surface area contributed by atoms with Gasteiger partial charge in [0.15, 0.2) is 0 Å². The third-order valence-electron chi connectivity index (χ3n) is 7.83. The summed E-state index contributed by atoms with van der Waals surface area (Å²) in [6, 6.07) is 6.97. The minimum absolute atomic E-state index is 0.0232. The highest BCUT2D eigenvalue weighted by molar-refractivity contribution is 5.75. The minimum atomic E-state index is -0.232. The molecule has 6 heteroatoms. The van der Waals surface area contributed by atoms with Crippen LogP contribution in [0.3, 0.4) is 0 Å². The molecule has 0 spiro atoms. The topological polar surface area (TPSA) is 50.8 Å². The number of ether oxygens (including phenoxy) is 2. The molecule has 0 radical (unpaired) electrons. The number of fused-ring (bicyclic) bond motifs is 1. The number of carbonyl (C=O) groups excluding carboxylic acids is 1. The van der Waals surface area contributed by atoms with Crippen molar-refractivity contribution >= 4 is 6.03 Å². The Morgan fingerprint density at radius 3 is 2.71 bits per heavy atom. The van der Waals surface area contributed by atoms with E-state index < -0.39 is 0 Å². The number of hydrogen-bond donors (Lipinski definition) is 1. The largest absolute Gasteiger partial charge is 0.381 e. The van der Waals surface area contributed by atoms with Gasteiger partial charge in [0, 0.05) is 38.8 Å². The number of halogens is 1. The zero-order valence-electron chi connectivity index (χ0n) is 16.4. The van der Waals surface area contributed by atoms with Gasteiger partial charge in [-0.05, 0) is 61.1 Å². The Bertz CT molecular complexity index is 732. The molecule has 1 aromatic rings. The van der Waals surface area contributed by atoms with Crippen molar-refractivity contribution in [1.82, 2.24) is 10.2 Å². The number of nitrogens with zero attached hydrogens (tertiary/aromatic N) is 1. The molecule has 5 rings (SSSR count). The average Bonchev–Trinajstić information content (AvgIpc) is 3.34. The van der Waals surface area contributed by atoms with Gasteiger partial charge in [-0.25, -0.2) is 9.18 Å². The van der Waals surface area contributed by atoms with Gasteiger partial charge < -0.3 is 19.7 Å². The van der Waals surface area contributed by atoms with E-state index in [1.54, 1.807) is 7.11 Å². The van der Waals surface area contributed by atoms with Crippen LogP contribution >= 0.6 is 0 Å². The normalized spacial score (nSPS) is 35.4. The first kappa shape index (κ1) is 18.4. The van der Waals surface area contributed by atoms with E-state index in [4.69, 9.17) is 9.47 Å². The first-order chi connectivity index (χ1) is 13.6. The SMILES string of the molecule is COC1C2CC3CN(C(=O)NCC4(c5ccc(F)cc5)CCOCC4)C1C3C2. The lowest BCUT2D eigenvalue weighted by Gasteiger charge is -2.39. The van der Waals surface area contributed by atoms with Crippen LogP contribution < -0.4 is 5.32 Å². The Labute approximate surface area is 165 Å². The molecular formula is C22H29FN2O3. The van der Waals surface area contributed by atoms with Crippen LogP contribution in [0, 0.1) is 23.6 Å². The van der Waals surface area contributed by atoms with Gasteiger partial charge in [0.2, 0.25) is 0 Å². The van der Waals surface area contributed by atoms with E-state index in [1.165, 1.54) is 25.0 Å². The Kier molecular flexibility index (Phi) is 4.59. The molecule has 5 atom stereocenters. The highest BCUT2D eigenvalue weighted by Gasteiger charge is 2.60. The molecule has 2 aliphatic carbocycles. The number of likely N-dealkylation sites (tertiary alicyclic amines) is 1. The fourth-order valence-electron chi connectivity index (χ4n) is 6.43. The number of benzene rings is 1. The van der Waals surface area contributed by atoms with Crippen molar-refractivity contribution in [1.29, 1.82) is 0 Å². The molecule has 28 heavy (non-hydrogen) atoms. The third kappa shape index (κ3) is 2.84. The number of amides is 2. The summed E-state index contributed by atoms with van der Waals surface area (Å²) in [4.78, 5) is 15.2. The molecule has 5 unspecified atom stereocenters. The maximum Gasteiger partial charge on any atom is 0.317 e. The molecule has 2 bridgehead atoms. The van der Waals surface area contributed by atoms with Gasteiger partial charge in [0.25, 0.3) is 0 Å². The van der Waals surface area contributed by atoms with Gasteiger partial charge in [-0.1, -0.05) is 12.1 Å². The maximum absolute atomic E-state index is 13.4. The lowest BCUT2D eigenvalue weighted by atomic mass is 9.74. The Hall–Kier alpha value is -1.66. The average molecular weight is 388 g/mol. The molecular weight excluding hydrogens is 359 g/mol. The van der Waals surface area contributed by atoms with E-state index in [9.17, 15) is 9.18 Å². The predicted octanol–water partition coefficient (Wildman–Crippen LogP) is 2.94. The Morgan fingerprint density at radius 2 is 2.00 bits per heavy atom. The van der Waals surface area contributed by atoms with Crippen molar-refractivity contribution in [2.24, 2.45) is 17.8 Å². The van der Waals surface area contributed by atoms with E-state index in [0.29, 0.717) is 37.5 Å². The van der Waals surface area contributed by atoms with Crippen LogP contribution in [0.4, 0.5) is 9.18 Å². The van der Waals surface area contributed by atoms with Crippen LogP contribution in [0.5, 0.6) is 0 Å². The molecule has 1 N–H and O–H groups in total. The second-order valence-electron chi connectivity index (χ2n) is 9.06. The lowest BCUT2D eigenvalue weighted by Crippen LogP contribution is -2.52. The van der Waals surface area contributed by atoms with Crippen LogP contribution in [0.15, 0.2) is 24.3 Å². The van der Waals surface area contributed by atoms with Crippen LogP contribution in [-0.4, -0.2) is 56.5 Å². The second-order valence-corrected chi connectivity index (χ2v) is 9.06. The standard InChI is InChI=1S/C22H29FN2O3/c1-27-20-14-10-15-12-25(19(20)18(15)11-14)21(26)24-13-22(6-8-28-9-7-22)16-2-4-17(23)5-3-16/h2-5,14-15,18-20H,6-13H2,1H3,(H,24,26). The summed E-state index contributed by atoms with van der Waals surface area (Å²) >= 11 is 0. The van der Waals surface area contributed by atoms with Gasteiger partial charge in [-0.15, -0.1) is 0 Å². The Balaban J connectivity index is 1.31. The number of methoxy groups -OCH3 is 1. The van der Waals surface area contributed by atoms with Crippen LogP contribution in [0.1, 0.15) is 31.2 Å². The molecule has 152 valence electrons. The summed E-state index contributed by atoms with van der Waals surface area (Å²) in [6.07, 6.45) is 4.24.